The summed E-state index contributed by atoms with van der Waals surface area (Å²) >= 11 is 0. The number of nitrogens with one attached hydrogen (secondary N) is 1. The van der Waals surface area contributed by atoms with Crippen LogP contribution in [0.2, 0.25) is 0 Å². The van der Waals surface area contributed by atoms with Crippen molar-refractivity contribution in [3.05, 3.63) is 65.7 Å². The lowest BCUT2D eigenvalue weighted by Gasteiger charge is -2.38. The number of hydrogen-bond donors (Lipinski definition) is 1. The Morgan fingerprint density at radius 3 is 2.75 bits per heavy atom. The molecule has 0 saturated heterocycles. The molecular weight excluding hydrogens is 354 g/mol. The summed E-state index contributed by atoms with van der Waals surface area (Å²) in [7, 11) is 1.62. The van der Waals surface area contributed by atoms with Gasteiger partial charge in [0.2, 0.25) is 0 Å². The molecule has 0 bridgehead atoms. The number of carbonyl (C=O) groups excluding carboxylic acids is 1. The SMILES string of the molecule is C=C(C)COc1cccc(C(=O)N[C@@H]2CC(C)(C)Oc3ccc(OC)cc32)c1. The highest BCUT2D eigenvalue weighted by molar-refractivity contribution is 5.95. The topological polar surface area (TPSA) is 56.8 Å². The molecule has 148 valence electrons. The van der Waals surface area contributed by atoms with Crippen LogP contribution in [0.15, 0.2) is 54.6 Å². The maximum Gasteiger partial charge on any atom is 0.251 e. The van der Waals surface area contributed by atoms with E-state index in [0.29, 0.717) is 24.3 Å². The molecule has 5 heteroatoms. The highest BCUT2D eigenvalue weighted by Gasteiger charge is 2.35. The van der Waals surface area contributed by atoms with Crippen LogP contribution in [0.5, 0.6) is 17.2 Å². The Morgan fingerprint density at radius 2 is 2.04 bits per heavy atom. The lowest BCUT2D eigenvalue weighted by molar-refractivity contribution is 0.0618. The van der Waals surface area contributed by atoms with E-state index >= 15 is 0 Å². The Balaban J connectivity index is 1.82. The Bertz CT molecular complexity index is 888. The quantitative estimate of drug-likeness (QED) is 0.738. The highest BCUT2D eigenvalue weighted by Crippen LogP contribution is 2.41. The van der Waals surface area contributed by atoms with Gasteiger partial charge in [-0.1, -0.05) is 12.6 Å². The van der Waals surface area contributed by atoms with E-state index in [0.717, 1.165) is 22.6 Å². The summed E-state index contributed by atoms with van der Waals surface area (Å²) in [5.41, 5.74) is 2.01. The summed E-state index contributed by atoms with van der Waals surface area (Å²) in [5.74, 6) is 1.99. The van der Waals surface area contributed by atoms with E-state index < -0.39 is 0 Å². The van der Waals surface area contributed by atoms with Crippen molar-refractivity contribution < 1.29 is 19.0 Å². The second-order valence-electron chi connectivity index (χ2n) is 7.77. The molecule has 0 spiro atoms. The van der Waals surface area contributed by atoms with Gasteiger partial charge in [0.05, 0.1) is 13.2 Å². The van der Waals surface area contributed by atoms with E-state index in [1.165, 1.54) is 0 Å². The Kier molecular flexibility index (Phi) is 5.63. The van der Waals surface area contributed by atoms with E-state index in [2.05, 4.69) is 11.9 Å². The van der Waals surface area contributed by atoms with Gasteiger partial charge in [-0.3, -0.25) is 4.79 Å². The summed E-state index contributed by atoms with van der Waals surface area (Å²) in [6, 6.07) is 12.7. The molecule has 1 N–H and O–H groups in total. The van der Waals surface area contributed by atoms with Crippen LogP contribution in [0.1, 0.15) is 49.2 Å². The van der Waals surface area contributed by atoms with Crippen molar-refractivity contribution in [2.75, 3.05) is 13.7 Å². The van der Waals surface area contributed by atoms with E-state index in [1.807, 2.05) is 51.1 Å². The van der Waals surface area contributed by atoms with E-state index in [9.17, 15) is 4.79 Å². The zero-order chi connectivity index (χ0) is 20.3. The summed E-state index contributed by atoms with van der Waals surface area (Å²) in [6.45, 7) is 10.2. The number of carbonyl (C=O) groups is 1. The molecule has 1 amide bonds. The average Bonchev–Trinajstić information content (AvgIpc) is 2.65. The van der Waals surface area contributed by atoms with E-state index in [1.54, 1.807) is 19.2 Å². The Hall–Kier alpha value is -2.95. The van der Waals surface area contributed by atoms with Crippen LogP contribution in [0.4, 0.5) is 0 Å². The van der Waals surface area contributed by atoms with E-state index in [4.69, 9.17) is 14.2 Å². The van der Waals surface area contributed by atoms with Gasteiger partial charge in [0.15, 0.2) is 0 Å². The number of benzene rings is 2. The fourth-order valence-corrected chi connectivity index (χ4v) is 3.26. The van der Waals surface area contributed by atoms with Crippen molar-refractivity contribution in [2.45, 2.75) is 38.8 Å². The molecule has 5 nitrogen and oxygen atoms in total. The standard InChI is InChI=1S/C23H27NO4/c1-15(2)14-27-18-8-6-7-16(11-18)22(25)24-20-13-23(3,4)28-21-10-9-17(26-5)12-19(20)21/h6-12,20H,1,13-14H2,2-5H3,(H,24,25)/t20-/m1/s1. The minimum Gasteiger partial charge on any atom is -0.497 e. The fourth-order valence-electron chi connectivity index (χ4n) is 3.26. The molecule has 2 aromatic rings. The molecule has 1 heterocycles. The van der Waals surface area contributed by atoms with Crippen LogP contribution in [0.25, 0.3) is 0 Å². The Morgan fingerprint density at radius 1 is 1.25 bits per heavy atom. The maximum atomic E-state index is 12.9. The summed E-state index contributed by atoms with van der Waals surface area (Å²) in [4.78, 5) is 12.9. The molecule has 2 aromatic carbocycles. The molecule has 0 fully saturated rings. The third-order valence-electron chi connectivity index (χ3n) is 4.56. The number of hydrogen-bond acceptors (Lipinski definition) is 4. The monoisotopic (exact) mass is 381 g/mol. The van der Waals surface area contributed by atoms with Gasteiger partial charge >= 0.3 is 0 Å². The number of rotatable bonds is 6. The first kappa shape index (κ1) is 19.8. The van der Waals surface area contributed by atoms with Gasteiger partial charge < -0.3 is 19.5 Å². The predicted molar refractivity (Wildman–Crippen MR) is 109 cm³/mol. The van der Waals surface area contributed by atoms with Crippen LogP contribution in [-0.2, 0) is 0 Å². The molecule has 28 heavy (non-hydrogen) atoms. The predicted octanol–water partition coefficient (Wildman–Crippen LogP) is 4.68. The van der Waals surface area contributed by atoms with Gasteiger partial charge in [-0.25, -0.2) is 0 Å². The summed E-state index contributed by atoms with van der Waals surface area (Å²) in [5, 5.41) is 3.14. The molecule has 1 atom stereocenters. The number of ether oxygens (including phenoxy) is 3. The molecule has 0 aliphatic carbocycles. The molecule has 3 rings (SSSR count). The van der Waals surface area contributed by atoms with Crippen molar-refractivity contribution in [2.24, 2.45) is 0 Å². The minimum absolute atomic E-state index is 0.155. The molecule has 1 aliphatic rings. The third-order valence-corrected chi connectivity index (χ3v) is 4.56. The number of methoxy groups -OCH3 is 1. The Labute approximate surface area is 166 Å². The molecule has 1 aliphatic heterocycles. The van der Waals surface area contributed by atoms with Crippen molar-refractivity contribution in [1.29, 1.82) is 0 Å². The van der Waals surface area contributed by atoms with Gasteiger partial charge in [-0.15, -0.1) is 0 Å². The zero-order valence-electron chi connectivity index (χ0n) is 16.9. The first-order valence-electron chi connectivity index (χ1n) is 9.32. The largest absolute Gasteiger partial charge is 0.497 e. The molecule has 0 unspecified atom stereocenters. The van der Waals surface area contributed by atoms with Crippen LogP contribution in [0.3, 0.4) is 0 Å². The van der Waals surface area contributed by atoms with Crippen LogP contribution >= 0.6 is 0 Å². The minimum atomic E-state index is -0.383. The highest BCUT2D eigenvalue weighted by atomic mass is 16.5. The summed E-state index contributed by atoms with van der Waals surface area (Å²) in [6.07, 6.45) is 0.657. The van der Waals surface area contributed by atoms with Gasteiger partial charge in [0.1, 0.15) is 29.5 Å². The lowest BCUT2D eigenvalue weighted by Crippen LogP contribution is -2.41. The first-order valence-corrected chi connectivity index (χ1v) is 9.32. The average molecular weight is 381 g/mol. The van der Waals surface area contributed by atoms with Crippen molar-refractivity contribution in [1.82, 2.24) is 5.32 Å². The second kappa shape index (κ2) is 7.97. The fraction of sp³-hybridized carbons (Fsp3) is 0.348. The molecule has 0 radical (unpaired) electrons. The normalized spacial score (nSPS) is 17.1. The van der Waals surface area contributed by atoms with Gasteiger partial charge in [0, 0.05) is 17.5 Å². The number of amides is 1. The molecule has 0 aromatic heterocycles. The zero-order valence-corrected chi connectivity index (χ0v) is 16.9. The van der Waals surface area contributed by atoms with Crippen LogP contribution in [-0.4, -0.2) is 25.2 Å². The third kappa shape index (κ3) is 4.66. The first-order chi connectivity index (χ1) is 13.3. The second-order valence-corrected chi connectivity index (χ2v) is 7.77. The van der Waals surface area contributed by atoms with Gasteiger partial charge in [-0.2, -0.15) is 0 Å². The smallest absolute Gasteiger partial charge is 0.251 e. The van der Waals surface area contributed by atoms with Gasteiger partial charge in [0.25, 0.3) is 5.91 Å². The van der Waals surface area contributed by atoms with Crippen LogP contribution in [0, 0.1) is 0 Å². The van der Waals surface area contributed by atoms with Crippen molar-refractivity contribution >= 4 is 5.91 Å². The van der Waals surface area contributed by atoms with Gasteiger partial charge in [-0.05, 0) is 62.7 Å². The van der Waals surface area contributed by atoms with Crippen LogP contribution < -0.4 is 19.5 Å². The maximum absolute atomic E-state index is 12.9. The lowest BCUT2D eigenvalue weighted by atomic mass is 9.89. The molecular formula is C23H27NO4. The van der Waals surface area contributed by atoms with Crippen molar-refractivity contribution in [3.63, 3.8) is 0 Å². The number of fused-ring (bicyclic) bond motifs is 1. The van der Waals surface area contributed by atoms with Crippen molar-refractivity contribution in [3.8, 4) is 17.2 Å². The van der Waals surface area contributed by atoms with E-state index in [-0.39, 0.29) is 17.6 Å². The molecule has 0 saturated carbocycles. The summed E-state index contributed by atoms with van der Waals surface area (Å²) < 4.78 is 17.1.